The number of aliphatic carboxylic acids is 1. The molecule has 0 spiro atoms. The van der Waals surface area contributed by atoms with Gasteiger partial charge in [0.15, 0.2) is 10.8 Å². The van der Waals surface area contributed by atoms with Crippen LogP contribution in [-0.4, -0.2) is 43.4 Å². The van der Waals surface area contributed by atoms with E-state index < -0.39 is 5.97 Å². The van der Waals surface area contributed by atoms with Crippen LogP contribution in [0.15, 0.2) is 21.9 Å². The van der Waals surface area contributed by atoms with Crippen molar-refractivity contribution in [1.29, 1.82) is 0 Å². The zero-order valence-corrected chi connectivity index (χ0v) is 15.0. The lowest BCUT2D eigenvalue weighted by Crippen LogP contribution is -2.09. The highest BCUT2D eigenvalue weighted by molar-refractivity contribution is 9.10. The van der Waals surface area contributed by atoms with Crippen molar-refractivity contribution in [3.63, 3.8) is 0 Å². The van der Waals surface area contributed by atoms with E-state index in [1.165, 1.54) is 11.8 Å². The number of thioether (sulfide) groups is 2. The average molecular weight is 390 g/mol. The number of aromatic nitrogens is 3. The van der Waals surface area contributed by atoms with Gasteiger partial charge in [0.2, 0.25) is 0 Å². The molecule has 1 unspecified atom stereocenters. The molecule has 0 aliphatic rings. The molecule has 114 valence electrons. The van der Waals surface area contributed by atoms with Crippen LogP contribution in [-0.2, 0) is 4.79 Å². The summed E-state index contributed by atoms with van der Waals surface area (Å²) in [5.41, 5.74) is 1.59. The first kappa shape index (κ1) is 16.6. The number of hydrogen-bond donors (Lipinski definition) is 1. The predicted octanol–water partition coefficient (Wildman–Crippen LogP) is 3.68. The van der Waals surface area contributed by atoms with Gasteiger partial charge in [0, 0.05) is 16.7 Å². The molecule has 5 nitrogen and oxygen atoms in total. The third-order valence-corrected chi connectivity index (χ3v) is 4.98. The van der Waals surface area contributed by atoms with E-state index in [1.54, 1.807) is 18.0 Å². The fourth-order valence-corrected chi connectivity index (χ4v) is 3.70. The summed E-state index contributed by atoms with van der Waals surface area (Å²) in [6.45, 7) is 2.12. The van der Waals surface area contributed by atoms with Crippen LogP contribution in [0.5, 0.6) is 0 Å². The van der Waals surface area contributed by atoms with Crippen LogP contribution in [0.25, 0.3) is 11.2 Å². The number of carboxylic acid groups (broad SMARTS) is 1. The maximum atomic E-state index is 10.8. The fraction of sp³-hybridized carbons (Fsp3) is 0.462. The highest BCUT2D eigenvalue weighted by Gasteiger charge is 2.18. The van der Waals surface area contributed by atoms with E-state index in [1.807, 2.05) is 10.6 Å². The Bertz CT molecular complexity index is 648. The van der Waals surface area contributed by atoms with Crippen LogP contribution in [0, 0.1) is 0 Å². The van der Waals surface area contributed by atoms with Crippen molar-refractivity contribution in [3.8, 4) is 0 Å². The lowest BCUT2D eigenvalue weighted by molar-refractivity contribution is -0.133. The lowest BCUT2D eigenvalue weighted by atomic mass is 10.2. The molecule has 1 N–H and O–H groups in total. The second kappa shape index (κ2) is 7.51. The number of rotatable bonds is 7. The number of hydrogen-bond acceptors (Lipinski definition) is 5. The second-order valence-corrected chi connectivity index (χ2v) is 7.42. The first-order chi connectivity index (χ1) is 10.0. The van der Waals surface area contributed by atoms with Gasteiger partial charge in [-0.25, -0.2) is 9.97 Å². The molecule has 0 saturated heterocycles. The van der Waals surface area contributed by atoms with Crippen molar-refractivity contribution >= 4 is 56.6 Å². The van der Waals surface area contributed by atoms with Gasteiger partial charge in [0.05, 0.1) is 5.75 Å². The molecule has 0 amide bonds. The summed E-state index contributed by atoms with van der Waals surface area (Å²) < 4.78 is 2.91. The van der Waals surface area contributed by atoms with Crippen LogP contribution in [0.4, 0.5) is 0 Å². The molecular formula is C13H16BrN3O2S2. The number of fused-ring (bicyclic) bond motifs is 1. The Morgan fingerprint density at radius 3 is 3.00 bits per heavy atom. The van der Waals surface area contributed by atoms with Gasteiger partial charge >= 0.3 is 5.97 Å². The molecule has 0 radical (unpaired) electrons. The summed E-state index contributed by atoms with van der Waals surface area (Å²) in [5, 5.41) is 9.59. The Hall–Kier alpha value is -0.730. The molecular weight excluding hydrogens is 374 g/mol. The molecule has 2 aromatic heterocycles. The summed E-state index contributed by atoms with van der Waals surface area (Å²) in [4.78, 5) is 19.8. The van der Waals surface area contributed by atoms with Gasteiger partial charge in [-0.3, -0.25) is 4.79 Å². The minimum Gasteiger partial charge on any atom is -0.481 e. The van der Waals surface area contributed by atoms with Crippen molar-refractivity contribution in [2.24, 2.45) is 0 Å². The maximum absolute atomic E-state index is 10.8. The number of halogens is 1. The van der Waals surface area contributed by atoms with E-state index in [2.05, 4.69) is 39.1 Å². The van der Waals surface area contributed by atoms with Gasteiger partial charge in [0.1, 0.15) is 5.52 Å². The van der Waals surface area contributed by atoms with Gasteiger partial charge in [0.25, 0.3) is 0 Å². The Balaban J connectivity index is 2.41. The van der Waals surface area contributed by atoms with Gasteiger partial charge in [-0.15, -0.1) is 0 Å². The lowest BCUT2D eigenvalue weighted by Gasteiger charge is -2.16. The highest BCUT2D eigenvalue weighted by atomic mass is 79.9. The highest BCUT2D eigenvalue weighted by Crippen LogP contribution is 2.29. The summed E-state index contributed by atoms with van der Waals surface area (Å²) in [5.74, 6) is 0.199. The second-order valence-electron chi connectivity index (χ2n) is 4.57. The molecule has 0 aliphatic heterocycles. The first-order valence-corrected chi connectivity index (χ1v) is 9.57. The third kappa shape index (κ3) is 4.14. The van der Waals surface area contributed by atoms with E-state index in [0.29, 0.717) is 5.16 Å². The van der Waals surface area contributed by atoms with E-state index in [9.17, 15) is 4.79 Å². The van der Waals surface area contributed by atoms with Crippen molar-refractivity contribution in [3.05, 3.63) is 16.7 Å². The van der Waals surface area contributed by atoms with Gasteiger partial charge < -0.3 is 9.67 Å². The number of imidazole rings is 1. The summed E-state index contributed by atoms with van der Waals surface area (Å²) >= 11 is 6.43. The van der Waals surface area contributed by atoms with Gasteiger partial charge in [-0.1, -0.05) is 11.8 Å². The molecule has 2 rings (SSSR count). The van der Waals surface area contributed by atoms with Crippen molar-refractivity contribution < 1.29 is 9.90 Å². The number of carbonyl (C=O) groups is 1. The Morgan fingerprint density at radius 1 is 1.57 bits per heavy atom. The fourth-order valence-electron chi connectivity index (χ4n) is 1.98. The van der Waals surface area contributed by atoms with E-state index in [4.69, 9.17) is 5.11 Å². The molecule has 2 aromatic rings. The zero-order valence-electron chi connectivity index (χ0n) is 11.7. The standard InChI is InChI=1S/C13H16BrN3O2S2/c1-8(3-4-20-2)17-12-10(5-9(14)6-15-12)16-13(17)21-7-11(18)19/h5-6,8H,3-4,7H2,1-2H3,(H,18,19). The number of nitrogens with zero attached hydrogens (tertiary/aromatic N) is 3. The SMILES string of the molecule is CSCCC(C)n1c(SCC(=O)O)nc2cc(Br)cnc21. The summed E-state index contributed by atoms with van der Waals surface area (Å²) in [7, 11) is 0. The molecule has 0 aromatic carbocycles. The maximum Gasteiger partial charge on any atom is 0.313 e. The molecule has 0 fully saturated rings. The van der Waals surface area contributed by atoms with Gasteiger partial charge in [-0.05, 0) is 47.3 Å². The molecule has 8 heteroatoms. The van der Waals surface area contributed by atoms with Crippen molar-refractivity contribution in [2.45, 2.75) is 24.5 Å². The third-order valence-electron chi connectivity index (χ3n) is 2.97. The Kier molecular flexibility index (Phi) is 5.95. The largest absolute Gasteiger partial charge is 0.481 e. The molecule has 0 bridgehead atoms. The molecule has 21 heavy (non-hydrogen) atoms. The number of pyridine rings is 1. The molecule has 1 atom stereocenters. The van der Waals surface area contributed by atoms with Crippen LogP contribution in [0.1, 0.15) is 19.4 Å². The Morgan fingerprint density at radius 2 is 2.33 bits per heavy atom. The molecule has 2 heterocycles. The van der Waals surface area contributed by atoms with Gasteiger partial charge in [-0.2, -0.15) is 11.8 Å². The van der Waals surface area contributed by atoms with Crippen LogP contribution in [0.3, 0.4) is 0 Å². The zero-order chi connectivity index (χ0) is 15.4. The average Bonchev–Trinajstić information content (AvgIpc) is 2.79. The van der Waals surface area contributed by atoms with E-state index >= 15 is 0 Å². The first-order valence-electron chi connectivity index (χ1n) is 6.40. The van der Waals surface area contributed by atoms with Crippen LogP contribution >= 0.6 is 39.5 Å². The summed E-state index contributed by atoms with van der Waals surface area (Å²) in [6.07, 6.45) is 4.81. The van der Waals surface area contributed by atoms with Crippen molar-refractivity contribution in [2.75, 3.05) is 17.8 Å². The quantitative estimate of drug-likeness (QED) is 0.728. The molecule has 0 aliphatic carbocycles. The monoisotopic (exact) mass is 389 g/mol. The van der Waals surface area contributed by atoms with Crippen molar-refractivity contribution in [1.82, 2.24) is 14.5 Å². The topological polar surface area (TPSA) is 68.0 Å². The normalized spacial score (nSPS) is 12.7. The smallest absolute Gasteiger partial charge is 0.313 e. The minimum atomic E-state index is -0.843. The number of carboxylic acids is 1. The van der Waals surface area contributed by atoms with E-state index in [0.717, 1.165) is 27.8 Å². The van der Waals surface area contributed by atoms with E-state index in [-0.39, 0.29) is 11.8 Å². The minimum absolute atomic E-state index is 0.000259. The predicted molar refractivity (Wildman–Crippen MR) is 91.3 cm³/mol. The van der Waals surface area contributed by atoms with Crippen LogP contribution in [0.2, 0.25) is 0 Å². The van der Waals surface area contributed by atoms with Crippen LogP contribution < -0.4 is 0 Å². The Labute approximate surface area is 140 Å². The molecule has 0 saturated carbocycles. The summed E-state index contributed by atoms with van der Waals surface area (Å²) in [6, 6.07) is 2.14.